The fraction of sp³-hybridized carbons (Fsp3) is 0.625. The largest absolute Gasteiger partial charge is 0.383 e. The van der Waals surface area contributed by atoms with E-state index in [4.69, 9.17) is 0 Å². The van der Waals surface area contributed by atoms with Crippen molar-refractivity contribution in [3.8, 4) is 0 Å². The van der Waals surface area contributed by atoms with Crippen LogP contribution in [-0.2, 0) is 0 Å². The molecule has 0 saturated carbocycles. The number of piperidine rings is 1. The maximum Gasteiger partial charge on any atom is 0.256 e. The third-order valence-electron chi connectivity index (χ3n) is 4.53. The number of hydrogen-bond acceptors (Lipinski definition) is 3. The number of amides is 1. The predicted molar refractivity (Wildman–Crippen MR) is 81.9 cm³/mol. The van der Waals surface area contributed by atoms with Crippen LogP contribution < -0.4 is 5.32 Å². The maximum atomic E-state index is 12.7. The number of aromatic nitrogens is 1. The number of anilines is 1. The zero-order valence-corrected chi connectivity index (χ0v) is 12.8. The van der Waals surface area contributed by atoms with Crippen LogP contribution in [-0.4, -0.2) is 35.4 Å². The molecular weight excluding hydrogens is 250 g/mol. The van der Waals surface area contributed by atoms with Gasteiger partial charge in [0.1, 0.15) is 0 Å². The third kappa shape index (κ3) is 3.11. The number of rotatable bonds is 4. The van der Waals surface area contributed by atoms with Gasteiger partial charge in [-0.3, -0.25) is 9.78 Å². The summed E-state index contributed by atoms with van der Waals surface area (Å²) in [5, 5.41) is 3.21. The predicted octanol–water partition coefficient (Wildman–Crippen LogP) is 3.17. The molecule has 4 heteroatoms. The summed E-state index contributed by atoms with van der Waals surface area (Å²) in [5.41, 5.74) is 1.98. The van der Waals surface area contributed by atoms with E-state index in [0.717, 1.165) is 43.7 Å². The summed E-state index contributed by atoms with van der Waals surface area (Å²) < 4.78 is 0. The molecule has 1 aromatic rings. The fourth-order valence-corrected chi connectivity index (χ4v) is 2.69. The van der Waals surface area contributed by atoms with E-state index < -0.39 is 0 Å². The number of likely N-dealkylation sites (tertiary alicyclic amines) is 1. The average Bonchev–Trinajstić information content (AvgIpc) is 2.48. The number of carbonyl (C=O) groups excluding carboxylic acids is 1. The van der Waals surface area contributed by atoms with Crippen LogP contribution in [0, 0.1) is 5.41 Å². The molecule has 4 nitrogen and oxygen atoms in total. The fourth-order valence-electron chi connectivity index (χ4n) is 2.69. The molecule has 0 unspecified atom stereocenters. The van der Waals surface area contributed by atoms with Crippen LogP contribution in [0.5, 0.6) is 0 Å². The van der Waals surface area contributed by atoms with Crippen molar-refractivity contribution in [2.24, 2.45) is 5.41 Å². The van der Waals surface area contributed by atoms with E-state index in [1.54, 1.807) is 12.4 Å². The van der Waals surface area contributed by atoms with Crippen LogP contribution in [0.3, 0.4) is 0 Å². The summed E-state index contributed by atoms with van der Waals surface area (Å²) in [6, 6.07) is 1.81. The lowest BCUT2D eigenvalue weighted by atomic mass is 9.78. The van der Waals surface area contributed by atoms with Gasteiger partial charge in [-0.1, -0.05) is 20.3 Å². The first-order valence-corrected chi connectivity index (χ1v) is 7.57. The number of pyridine rings is 1. The van der Waals surface area contributed by atoms with Crippen molar-refractivity contribution in [3.05, 3.63) is 24.0 Å². The van der Waals surface area contributed by atoms with Crippen LogP contribution in [0.4, 0.5) is 5.69 Å². The standard InChI is InChI=1S/C16H25N3O/c1-4-16(3)7-10-19(11-8-16)15(20)13-6-9-17-12-14(13)18-5-2/h6,9,12,18H,4-5,7-8,10-11H2,1-3H3. The monoisotopic (exact) mass is 275 g/mol. The molecule has 0 spiro atoms. The minimum absolute atomic E-state index is 0.126. The normalized spacial score (nSPS) is 17.9. The van der Waals surface area contributed by atoms with E-state index in [1.165, 1.54) is 6.42 Å². The molecule has 1 aromatic heterocycles. The molecule has 0 radical (unpaired) electrons. The van der Waals surface area contributed by atoms with Crippen LogP contribution in [0.2, 0.25) is 0 Å². The van der Waals surface area contributed by atoms with Gasteiger partial charge in [0.2, 0.25) is 0 Å². The van der Waals surface area contributed by atoms with E-state index in [0.29, 0.717) is 5.41 Å². The van der Waals surface area contributed by atoms with Gasteiger partial charge >= 0.3 is 0 Å². The van der Waals surface area contributed by atoms with E-state index in [2.05, 4.69) is 24.1 Å². The van der Waals surface area contributed by atoms with Gasteiger partial charge in [0, 0.05) is 25.8 Å². The van der Waals surface area contributed by atoms with Gasteiger partial charge in [0.25, 0.3) is 5.91 Å². The smallest absolute Gasteiger partial charge is 0.256 e. The molecule has 1 aliphatic heterocycles. The highest BCUT2D eigenvalue weighted by atomic mass is 16.2. The van der Waals surface area contributed by atoms with Crippen molar-refractivity contribution in [2.75, 3.05) is 25.0 Å². The highest BCUT2D eigenvalue weighted by Gasteiger charge is 2.31. The van der Waals surface area contributed by atoms with E-state index in [1.807, 2.05) is 17.9 Å². The first kappa shape index (κ1) is 14.8. The third-order valence-corrected chi connectivity index (χ3v) is 4.53. The molecule has 0 bridgehead atoms. The molecule has 1 aliphatic rings. The second-order valence-electron chi connectivity index (χ2n) is 5.91. The Morgan fingerprint density at radius 3 is 2.70 bits per heavy atom. The van der Waals surface area contributed by atoms with Crippen molar-refractivity contribution in [1.29, 1.82) is 0 Å². The summed E-state index contributed by atoms with van der Waals surface area (Å²) in [5.74, 6) is 0.126. The summed E-state index contributed by atoms with van der Waals surface area (Å²) in [6.45, 7) is 9.10. The van der Waals surface area contributed by atoms with Crippen molar-refractivity contribution in [3.63, 3.8) is 0 Å². The molecule has 1 saturated heterocycles. The van der Waals surface area contributed by atoms with Gasteiger partial charge in [-0.2, -0.15) is 0 Å². The summed E-state index contributed by atoms with van der Waals surface area (Å²) in [6.07, 6.45) is 6.80. The first-order valence-electron chi connectivity index (χ1n) is 7.57. The maximum absolute atomic E-state index is 12.7. The summed E-state index contributed by atoms with van der Waals surface area (Å²) >= 11 is 0. The molecule has 0 aliphatic carbocycles. The van der Waals surface area contributed by atoms with E-state index in [9.17, 15) is 4.79 Å². The number of hydrogen-bond donors (Lipinski definition) is 1. The van der Waals surface area contributed by atoms with Crippen molar-refractivity contribution in [1.82, 2.24) is 9.88 Å². The molecule has 1 amide bonds. The molecule has 1 fully saturated rings. The molecule has 1 N–H and O–H groups in total. The Balaban J connectivity index is 2.09. The Labute approximate surface area is 121 Å². The highest BCUT2D eigenvalue weighted by Crippen LogP contribution is 2.34. The Bertz CT molecular complexity index is 465. The summed E-state index contributed by atoms with van der Waals surface area (Å²) in [4.78, 5) is 18.7. The van der Waals surface area contributed by atoms with Crippen LogP contribution in [0.1, 0.15) is 50.4 Å². The number of nitrogens with one attached hydrogen (secondary N) is 1. The lowest BCUT2D eigenvalue weighted by molar-refractivity contribution is 0.0601. The number of carbonyl (C=O) groups is 1. The Hall–Kier alpha value is -1.58. The molecule has 0 atom stereocenters. The van der Waals surface area contributed by atoms with Gasteiger partial charge in [-0.15, -0.1) is 0 Å². The highest BCUT2D eigenvalue weighted by molar-refractivity contribution is 5.99. The van der Waals surface area contributed by atoms with Crippen molar-refractivity contribution < 1.29 is 4.79 Å². The van der Waals surface area contributed by atoms with Gasteiger partial charge in [-0.05, 0) is 31.2 Å². The van der Waals surface area contributed by atoms with Crippen molar-refractivity contribution >= 4 is 11.6 Å². The minimum Gasteiger partial charge on any atom is -0.383 e. The zero-order valence-electron chi connectivity index (χ0n) is 12.8. The molecule has 110 valence electrons. The lowest BCUT2D eigenvalue weighted by Gasteiger charge is -2.39. The van der Waals surface area contributed by atoms with Crippen LogP contribution in [0.25, 0.3) is 0 Å². The molecular formula is C16H25N3O. The van der Waals surface area contributed by atoms with E-state index >= 15 is 0 Å². The Kier molecular flexibility index (Phi) is 4.63. The Morgan fingerprint density at radius 1 is 1.40 bits per heavy atom. The minimum atomic E-state index is 0.126. The SMILES string of the molecule is CCNc1cnccc1C(=O)N1CCC(C)(CC)CC1. The van der Waals surface area contributed by atoms with Crippen LogP contribution >= 0.6 is 0 Å². The first-order chi connectivity index (χ1) is 9.59. The molecule has 20 heavy (non-hydrogen) atoms. The van der Waals surface area contributed by atoms with Gasteiger partial charge in [0.05, 0.1) is 17.4 Å². The molecule has 2 rings (SSSR count). The summed E-state index contributed by atoms with van der Waals surface area (Å²) in [7, 11) is 0. The lowest BCUT2D eigenvalue weighted by Crippen LogP contribution is -2.42. The van der Waals surface area contributed by atoms with Gasteiger partial charge in [-0.25, -0.2) is 0 Å². The van der Waals surface area contributed by atoms with E-state index in [-0.39, 0.29) is 5.91 Å². The second-order valence-corrected chi connectivity index (χ2v) is 5.91. The molecule has 0 aromatic carbocycles. The van der Waals surface area contributed by atoms with Crippen LogP contribution in [0.15, 0.2) is 18.5 Å². The Morgan fingerprint density at radius 2 is 2.10 bits per heavy atom. The topological polar surface area (TPSA) is 45.2 Å². The molecule has 2 heterocycles. The van der Waals surface area contributed by atoms with Gasteiger partial charge in [0.15, 0.2) is 0 Å². The average molecular weight is 275 g/mol. The van der Waals surface area contributed by atoms with Gasteiger partial charge < -0.3 is 10.2 Å². The number of nitrogens with zero attached hydrogens (tertiary/aromatic N) is 2. The second kappa shape index (κ2) is 6.25. The quantitative estimate of drug-likeness (QED) is 0.918. The zero-order chi connectivity index (χ0) is 14.6. The van der Waals surface area contributed by atoms with Crippen molar-refractivity contribution in [2.45, 2.75) is 40.0 Å².